The molecule has 0 saturated carbocycles. The first kappa shape index (κ1) is 15.8. The fourth-order valence-corrected chi connectivity index (χ4v) is 2.43. The molecule has 1 fully saturated rings. The molecule has 1 heterocycles. The van der Waals surface area contributed by atoms with Crippen LogP contribution in [0.5, 0.6) is 0 Å². The molecule has 6 nitrogen and oxygen atoms in total. The average molecular weight is 264 g/mol. The minimum atomic E-state index is -0.229. The summed E-state index contributed by atoms with van der Waals surface area (Å²) in [6.45, 7) is 0.879. The summed E-state index contributed by atoms with van der Waals surface area (Å²) in [6.07, 6.45) is -1.07. The van der Waals surface area contributed by atoms with Crippen LogP contribution in [-0.2, 0) is 28.4 Å². The Bertz CT molecular complexity index is 205. The molecule has 0 aromatic heterocycles. The average Bonchev–Trinajstić information content (AvgIpc) is 2.38. The molecule has 6 heteroatoms. The third-order valence-electron chi connectivity index (χ3n) is 3.21. The highest BCUT2D eigenvalue weighted by molar-refractivity contribution is 4.94. The van der Waals surface area contributed by atoms with Crippen molar-refractivity contribution in [2.45, 2.75) is 30.5 Å². The fraction of sp³-hybridized carbons (Fsp3) is 1.00. The largest absolute Gasteiger partial charge is 0.382 e. The summed E-state index contributed by atoms with van der Waals surface area (Å²) in [5.41, 5.74) is 0. The SMILES string of the molecule is COCC1OC(COC)C(OC)C(OC)C1OC. The second-order valence-electron chi connectivity index (χ2n) is 4.22. The van der Waals surface area contributed by atoms with Gasteiger partial charge in [0.15, 0.2) is 0 Å². The van der Waals surface area contributed by atoms with Crippen molar-refractivity contribution in [3.05, 3.63) is 0 Å². The van der Waals surface area contributed by atoms with Gasteiger partial charge in [0.05, 0.1) is 13.2 Å². The minimum absolute atomic E-state index is 0.198. The molecule has 0 aromatic carbocycles. The van der Waals surface area contributed by atoms with Crippen molar-refractivity contribution in [3.63, 3.8) is 0 Å². The first-order valence-electron chi connectivity index (χ1n) is 5.95. The second-order valence-corrected chi connectivity index (χ2v) is 4.22. The van der Waals surface area contributed by atoms with E-state index in [-0.39, 0.29) is 30.5 Å². The molecule has 0 spiro atoms. The van der Waals surface area contributed by atoms with Crippen LogP contribution in [0, 0.1) is 0 Å². The van der Waals surface area contributed by atoms with E-state index in [1.165, 1.54) is 0 Å². The molecule has 1 saturated heterocycles. The number of methoxy groups -OCH3 is 5. The second kappa shape index (κ2) is 8.04. The van der Waals surface area contributed by atoms with Gasteiger partial charge in [0.25, 0.3) is 0 Å². The van der Waals surface area contributed by atoms with E-state index >= 15 is 0 Å². The highest BCUT2D eigenvalue weighted by atomic mass is 16.6. The van der Waals surface area contributed by atoms with E-state index in [1.807, 2.05) is 0 Å². The molecular formula is C12H24O6. The van der Waals surface area contributed by atoms with E-state index in [0.717, 1.165) is 0 Å². The maximum Gasteiger partial charge on any atom is 0.115 e. The van der Waals surface area contributed by atoms with Gasteiger partial charge in [0, 0.05) is 35.5 Å². The van der Waals surface area contributed by atoms with Crippen LogP contribution in [0.4, 0.5) is 0 Å². The topological polar surface area (TPSA) is 55.4 Å². The van der Waals surface area contributed by atoms with E-state index in [1.54, 1.807) is 35.5 Å². The molecular weight excluding hydrogens is 240 g/mol. The van der Waals surface area contributed by atoms with Crippen LogP contribution in [0.2, 0.25) is 0 Å². The van der Waals surface area contributed by atoms with Crippen LogP contribution in [0.1, 0.15) is 0 Å². The Labute approximate surface area is 108 Å². The molecule has 18 heavy (non-hydrogen) atoms. The molecule has 4 unspecified atom stereocenters. The zero-order chi connectivity index (χ0) is 13.5. The van der Waals surface area contributed by atoms with Gasteiger partial charge >= 0.3 is 0 Å². The molecule has 108 valence electrons. The molecule has 0 bridgehead atoms. The van der Waals surface area contributed by atoms with E-state index < -0.39 is 0 Å². The van der Waals surface area contributed by atoms with Gasteiger partial charge in [-0.1, -0.05) is 0 Å². The van der Waals surface area contributed by atoms with Crippen LogP contribution >= 0.6 is 0 Å². The van der Waals surface area contributed by atoms with Crippen molar-refractivity contribution in [2.75, 3.05) is 48.8 Å². The van der Waals surface area contributed by atoms with Gasteiger partial charge in [-0.2, -0.15) is 0 Å². The highest BCUT2D eigenvalue weighted by Crippen LogP contribution is 2.27. The lowest BCUT2D eigenvalue weighted by Gasteiger charge is -2.44. The van der Waals surface area contributed by atoms with Crippen molar-refractivity contribution >= 4 is 0 Å². The Kier molecular flexibility index (Phi) is 7.06. The molecule has 1 aliphatic rings. The van der Waals surface area contributed by atoms with Crippen molar-refractivity contribution in [2.24, 2.45) is 0 Å². The van der Waals surface area contributed by atoms with Gasteiger partial charge in [-0.05, 0) is 0 Å². The van der Waals surface area contributed by atoms with Crippen LogP contribution < -0.4 is 0 Å². The fourth-order valence-electron chi connectivity index (χ4n) is 2.43. The van der Waals surface area contributed by atoms with E-state index in [0.29, 0.717) is 13.2 Å². The van der Waals surface area contributed by atoms with Gasteiger partial charge in [0.2, 0.25) is 0 Å². The molecule has 0 N–H and O–H groups in total. The smallest absolute Gasteiger partial charge is 0.115 e. The van der Waals surface area contributed by atoms with Crippen molar-refractivity contribution in [1.29, 1.82) is 0 Å². The molecule has 0 aromatic rings. The van der Waals surface area contributed by atoms with Crippen molar-refractivity contribution < 1.29 is 28.4 Å². The molecule has 0 aliphatic carbocycles. The molecule has 4 atom stereocenters. The molecule has 0 amide bonds. The number of hydrogen-bond donors (Lipinski definition) is 0. The maximum atomic E-state index is 5.93. The first-order chi connectivity index (χ1) is 8.73. The Morgan fingerprint density at radius 3 is 1.33 bits per heavy atom. The van der Waals surface area contributed by atoms with Crippen LogP contribution in [0.25, 0.3) is 0 Å². The lowest BCUT2D eigenvalue weighted by Crippen LogP contribution is -2.61. The molecule has 1 aliphatic heterocycles. The van der Waals surface area contributed by atoms with E-state index in [4.69, 9.17) is 28.4 Å². The van der Waals surface area contributed by atoms with Crippen molar-refractivity contribution in [3.8, 4) is 0 Å². The summed E-state index contributed by atoms with van der Waals surface area (Å²) in [5.74, 6) is 0. The van der Waals surface area contributed by atoms with Gasteiger partial charge in [-0.3, -0.25) is 0 Å². The minimum Gasteiger partial charge on any atom is -0.382 e. The van der Waals surface area contributed by atoms with E-state index in [2.05, 4.69) is 0 Å². The normalized spacial score (nSPS) is 36.8. The van der Waals surface area contributed by atoms with Crippen molar-refractivity contribution in [1.82, 2.24) is 0 Å². The lowest BCUT2D eigenvalue weighted by molar-refractivity contribution is -0.256. The third kappa shape index (κ3) is 3.40. The summed E-state index contributed by atoms with van der Waals surface area (Å²) in [6, 6.07) is 0. The van der Waals surface area contributed by atoms with Crippen LogP contribution in [0.15, 0.2) is 0 Å². The predicted molar refractivity (Wildman–Crippen MR) is 64.8 cm³/mol. The lowest BCUT2D eigenvalue weighted by atomic mass is 9.94. The van der Waals surface area contributed by atoms with Crippen LogP contribution in [-0.4, -0.2) is 79.3 Å². The number of rotatable bonds is 7. The Hall–Kier alpha value is -0.240. The summed E-state index contributed by atoms with van der Waals surface area (Å²) < 4.78 is 32.7. The maximum absolute atomic E-state index is 5.93. The molecule has 1 rings (SSSR count). The van der Waals surface area contributed by atoms with Gasteiger partial charge in [-0.25, -0.2) is 0 Å². The first-order valence-corrected chi connectivity index (χ1v) is 5.95. The zero-order valence-corrected chi connectivity index (χ0v) is 11.8. The summed E-state index contributed by atoms with van der Waals surface area (Å²) in [7, 11) is 8.16. The van der Waals surface area contributed by atoms with Gasteiger partial charge in [0.1, 0.15) is 30.5 Å². The Morgan fingerprint density at radius 2 is 1.06 bits per heavy atom. The highest BCUT2D eigenvalue weighted by Gasteiger charge is 2.46. The van der Waals surface area contributed by atoms with Gasteiger partial charge in [-0.15, -0.1) is 0 Å². The van der Waals surface area contributed by atoms with Crippen LogP contribution in [0.3, 0.4) is 0 Å². The quantitative estimate of drug-likeness (QED) is 0.649. The third-order valence-corrected chi connectivity index (χ3v) is 3.21. The van der Waals surface area contributed by atoms with Gasteiger partial charge < -0.3 is 28.4 Å². The summed E-state index contributed by atoms with van der Waals surface area (Å²) in [5, 5.41) is 0. The Balaban J connectivity index is 2.84. The number of hydrogen-bond acceptors (Lipinski definition) is 6. The molecule has 0 radical (unpaired) electrons. The zero-order valence-electron chi connectivity index (χ0n) is 11.8. The summed E-state index contributed by atoms with van der Waals surface area (Å²) in [4.78, 5) is 0. The monoisotopic (exact) mass is 264 g/mol. The Morgan fingerprint density at radius 1 is 0.667 bits per heavy atom. The van der Waals surface area contributed by atoms with E-state index in [9.17, 15) is 0 Å². The predicted octanol–water partition coefficient (Wildman–Crippen LogP) is 0.0916. The summed E-state index contributed by atoms with van der Waals surface area (Å²) >= 11 is 0. The number of ether oxygens (including phenoxy) is 6. The standard InChI is InChI=1S/C12H24O6/c1-13-6-8-10(15-3)12(17-5)11(16-4)9(18-8)7-14-2/h8-12H,6-7H2,1-5H3.